The summed E-state index contributed by atoms with van der Waals surface area (Å²) in [5, 5.41) is 5.27. The molecule has 0 aliphatic carbocycles. The van der Waals surface area contributed by atoms with Crippen molar-refractivity contribution in [3.8, 4) is 0 Å². The fraction of sp³-hybridized carbons (Fsp3) is 0.217. The van der Waals surface area contributed by atoms with Crippen LogP contribution in [-0.2, 0) is 4.57 Å². The molecule has 134 valence electrons. The van der Waals surface area contributed by atoms with E-state index in [0.717, 1.165) is 29.9 Å². The number of rotatable bonds is 8. The van der Waals surface area contributed by atoms with Crippen molar-refractivity contribution < 1.29 is 4.57 Å². The zero-order valence-electron chi connectivity index (χ0n) is 15.2. The van der Waals surface area contributed by atoms with Crippen LogP contribution in [0.4, 0.5) is 0 Å². The highest BCUT2D eigenvalue weighted by molar-refractivity contribution is 7.76. The molecule has 3 heteroatoms. The molecule has 2 nitrogen and oxygen atoms in total. The molecule has 0 amide bonds. The molecule has 1 N–H and O–H groups in total. The lowest BCUT2D eigenvalue weighted by Crippen LogP contribution is -2.30. The van der Waals surface area contributed by atoms with Crippen molar-refractivity contribution >= 4 is 17.9 Å². The van der Waals surface area contributed by atoms with Gasteiger partial charge < -0.3 is 0 Å². The van der Waals surface area contributed by atoms with Crippen LogP contribution in [0.15, 0.2) is 91.0 Å². The summed E-state index contributed by atoms with van der Waals surface area (Å²) in [5.74, 6) is 0. The first-order valence-electron chi connectivity index (χ1n) is 9.28. The Morgan fingerprint density at radius 2 is 1.23 bits per heavy atom. The average Bonchev–Trinajstić information content (AvgIpc) is 2.73. The molecule has 0 saturated carbocycles. The van der Waals surface area contributed by atoms with Gasteiger partial charge in [0.1, 0.15) is 0 Å². The van der Waals surface area contributed by atoms with Crippen molar-refractivity contribution in [2.75, 3.05) is 0 Å². The van der Waals surface area contributed by atoms with Crippen molar-refractivity contribution in [3.63, 3.8) is 0 Å². The minimum Gasteiger partial charge on any atom is -0.297 e. The number of benzene rings is 3. The molecule has 0 bridgehead atoms. The summed E-state index contributed by atoms with van der Waals surface area (Å²) in [6.07, 6.45) is 3.17. The second-order valence-electron chi connectivity index (χ2n) is 6.51. The summed E-state index contributed by atoms with van der Waals surface area (Å²) in [6.45, 7) is 2.19. The van der Waals surface area contributed by atoms with Crippen molar-refractivity contribution in [1.29, 1.82) is 0 Å². The molecule has 3 rings (SSSR count). The average molecular weight is 363 g/mol. The Kier molecular flexibility index (Phi) is 6.44. The lowest BCUT2D eigenvalue weighted by molar-refractivity contribution is 0.532. The van der Waals surface area contributed by atoms with Crippen LogP contribution in [0.1, 0.15) is 37.8 Å². The van der Waals surface area contributed by atoms with Crippen LogP contribution in [0.5, 0.6) is 0 Å². The number of nitrogens with one attached hydrogen (secondary N) is 1. The van der Waals surface area contributed by atoms with E-state index >= 15 is 0 Å². The van der Waals surface area contributed by atoms with Crippen LogP contribution < -0.4 is 15.7 Å². The predicted molar refractivity (Wildman–Crippen MR) is 112 cm³/mol. The van der Waals surface area contributed by atoms with Crippen LogP contribution in [0, 0.1) is 0 Å². The fourth-order valence-electron chi connectivity index (χ4n) is 3.19. The highest BCUT2D eigenvalue weighted by Gasteiger charge is 2.30. The Morgan fingerprint density at radius 1 is 0.769 bits per heavy atom. The monoisotopic (exact) mass is 363 g/mol. The molecule has 0 spiro atoms. The first kappa shape index (κ1) is 18.6. The van der Waals surface area contributed by atoms with Crippen molar-refractivity contribution in [1.82, 2.24) is 5.09 Å². The third-order valence-electron chi connectivity index (χ3n) is 4.63. The molecule has 0 saturated heterocycles. The Balaban J connectivity index is 2.02. The summed E-state index contributed by atoms with van der Waals surface area (Å²) in [6, 6.07) is 30.0. The molecular formula is C23H26NOP. The predicted octanol–water partition coefficient (Wildman–Crippen LogP) is 5.44. The normalized spacial score (nSPS) is 12.7. The van der Waals surface area contributed by atoms with Gasteiger partial charge >= 0.3 is 0 Å². The Hall–Kier alpha value is -2.15. The molecular weight excluding hydrogens is 337 g/mol. The molecule has 0 aliphatic rings. The molecule has 3 aromatic rings. The van der Waals surface area contributed by atoms with E-state index in [2.05, 4.69) is 24.1 Å². The lowest BCUT2D eigenvalue weighted by Gasteiger charge is -2.27. The van der Waals surface area contributed by atoms with Crippen LogP contribution in [0.25, 0.3) is 0 Å². The van der Waals surface area contributed by atoms with Gasteiger partial charge in [0.05, 0.1) is 0 Å². The third-order valence-corrected chi connectivity index (χ3v) is 7.35. The van der Waals surface area contributed by atoms with E-state index in [4.69, 9.17) is 0 Å². The van der Waals surface area contributed by atoms with Crippen molar-refractivity contribution in [2.45, 2.75) is 32.2 Å². The maximum absolute atomic E-state index is 14.3. The van der Waals surface area contributed by atoms with Crippen LogP contribution in [-0.4, -0.2) is 0 Å². The van der Waals surface area contributed by atoms with Gasteiger partial charge in [0.25, 0.3) is 0 Å². The maximum Gasteiger partial charge on any atom is 0.205 e. The number of hydrogen-bond donors (Lipinski definition) is 1. The van der Waals surface area contributed by atoms with Gasteiger partial charge in [0.2, 0.25) is 7.29 Å². The molecule has 0 aromatic heterocycles. The van der Waals surface area contributed by atoms with E-state index in [1.54, 1.807) is 0 Å². The first-order valence-corrected chi connectivity index (χ1v) is 11.0. The zero-order valence-corrected chi connectivity index (χ0v) is 16.1. The zero-order chi connectivity index (χ0) is 18.2. The highest BCUT2D eigenvalue weighted by Crippen LogP contribution is 2.42. The minimum absolute atomic E-state index is 0.0578. The van der Waals surface area contributed by atoms with Crippen LogP contribution in [0.2, 0.25) is 0 Å². The maximum atomic E-state index is 14.3. The summed E-state index contributed by atoms with van der Waals surface area (Å²) in [7, 11) is -2.94. The Bertz CT molecular complexity index is 790. The van der Waals surface area contributed by atoms with Crippen LogP contribution >= 0.6 is 7.29 Å². The minimum atomic E-state index is -2.94. The lowest BCUT2D eigenvalue weighted by atomic mass is 10.0. The number of unbranched alkanes of at least 4 members (excludes halogenated alkanes) is 1. The van der Waals surface area contributed by atoms with E-state index in [-0.39, 0.29) is 6.04 Å². The quantitative estimate of drug-likeness (QED) is 0.540. The van der Waals surface area contributed by atoms with Gasteiger partial charge in [-0.05, 0) is 36.2 Å². The van der Waals surface area contributed by atoms with Gasteiger partial charge in [0.15, 0.2) is 0 Å². The van der Waals surface area contributed by atoms with Gasteiger partial charge in [-0.15, -0.1) is 0 Å². The van der Waals surface area contributed by atoms with E-state index in [0.29, 0.717) is 0 Å². The molecule has 3 aromatic carbocycles. The standard InChI is InChI=1S/C23H26NOP/c1-2-3-19-23(20-13-7-4-8-14-20)24-26(25,21-15-9-5-10-16-21)22-17-11-6-12-18-22/h4-18,23H,2-3,19H2,1H3,(H,24,25)/t23-/m0/s1. The van der Waals surface area contributed by atoms with E-state index in [9.17, 15) is 4.57 Å². The largest absolute Gasteiger partial charge is 0.297 e. The Labute approximate surface area is 156 Å². The fourth-order valence-corrected chi connectivity index (χ4v) is 5.69. The van der Waals surface area contributed by atoms with Gasteiger partial charge in [0, 0.05) is 16.7 Å². The van der Waals surface area contributed by atoms with Gasteiger partial charge in [-0.3, -0.25) is 9.65 Å². The van der Waals surface area contributed by atoms with Crippen molar-refractivity contribution in [2.24, 2.45) is 0 Å². The highest BCUT2D eigenvalue weighted by atomic mass is 31.2. The summed E-state index contributed by atoms with van der Waals surface area (Å²) < 4.78 is 14.3. The molecule has 0 aliphatic heterocycles. The topological polar surface area (TPSA) is 29.1 Å². The molecule has 0 unspecified atom stereocenters. The molecule has 0 heterocycles. The van der Waals surface area contributed by atoms with E-state index in [1.807, 2.05) is 78.9 Å². The molecule has 0 fully saturated rings. The second kappa shape index (κ2) is 8.98. The molecule has 26 heavy (non-hydrogen) atoms. The molecule has 0 radical (unpaired) electrons. The van der Waals surface area contributed by atoms with Gasteiger partial charge in [-0.25, -0.2) is 0 Å². The van der Waals surface area contributed by atoms with Crippen molar-refractivity contribution in [3.05, 3.63) is 96.6 Å². The van der Waals surface area contributed by atoms with Gasteiger partial charge in [-0.1, -0.05) is 86.5 Å². The Morgan fingerprint density at radius 3 is 1.69 bits per heavy atom. The summed E-state index contributed by atoms with van der Waals surface area (Å²) >= 11 is 0. The molecule has 1 atom stereocenters. The first-order chi connectivity index (χ1) is 12.7. The second-order valence-corrected chi connectivity index (χ2v) is 9.02. The summed E-state index contributed by atoms with van der Waals surface area (Å²) in [4.78, 5) is 0. The van der Waals surface area contributed by atoms with Gasteiger partial charge in [-0.2, -0.15) is 0 Å². The smallest absolute Gasteiger partial charge is 0.205 e. The van der Waals surface area contributed by atoms with E-state index in [1.165, 1.54) is 5.56 Å². The summed E-state index contributed by atoms with van der Waals surface area (Å²) in [5.41, 5.74) is 1.19. The third kappa shape index (κ3) is 4.33. The van der Waals surface area contributed by atoms with E-state index < -0.39 is 7.29 Å². The van der Waals surface area contributed by atoms with Crippen LogP contribution in [0.3, 0.4) is 0 Å². The number of hydrogen-bond acceptors (Lipinski definition) is 1. The SMILES string of the molecule is CCCC[C@H](NP(=O)(c1ccccc1)c1ccccc1)c1ccccc1.